The molecular formula is C13H12N4O2. The van der Waals surface area contributed by atoms with Crippen molar-refractivity contribution < 1.29 is 9.59 Å². The summed E-state index contributed by atoms with van der Waals surface area (Å²) in [7, 11) is 0. The molecule has 1 heterocycles. The van der Waals surface area contributed by atoms with Gasteiger partial charge in [-0.3, -0.25) is 9.59 Å². The number of hydrogen-bond acceptors (Lipinski definition) is 4. The Bertz CT molecular complexity index is 599. The van der Waals surface area contributed by atoms with Crippen LogP contribution in [0.25, 0.3) is 0 Å². The number of rotatable bonds is 3. The van der Waals surface area contributed by atoms with Crippen LogP contribution in [0, 0.1) is 0 Å². The Kier molecular flexibility index (Phi) is 3.82. The highest BCUT2D eigenvalue weighted by Gasteiger charge is 2.07. The number of hydrogen-bond donors (Lipinski definition) is 2. The molecule has 0 unspecified atom stereocenters. The van der Waals surface area contributed by atoms with Crippen LogP contribution in [0.2, 0.25) is 0 Å². The third-order valence-electron chi connectivity index (χ3n) is 2.27. The number of benzene rings is 1. The molecule has 0 saturated heterocycles. The van der Waals surface area contributed by atoms with Gasteiger partial charge >= 0.3 is 0 Å². The lowest BCUT2D eigenvalue weighted by molar-refractivity contribution is -0.114. The summed E-state index contributed by atoms with van der Waals surface area (Å²) in [5.41, 5.74) is 1.01. The summed E-state index contributed by atoms with van der Waals surface area (Å²) in [4.78, 5) is 30.6. The lowest BCUT2D eigenvalue weighted by Gasteiger charge is -2.06. The van der Waals surface area contributed by atoms with Gasteiger partial charge in [-0.25, -0.2) is 9.97 Å². The minimum Gasteiger partial charge on any atom is -0.326 e. The predicted octanol–water partition coefficient (Wildman–Crippen LogP) is 1.69. The van der Waals surface area contributed by atoms with Crippen LogP contribution in [0.15, 0.2) is 42.9 Å². The quantitative estimate of drug-likeness (QED) is 0.875. The summed E-state index contributed by atoms with van der Waals surface area (Å²) in [6.07, 6.45) is 2.89. The van der Waals surface area contributed by atoms with E-state index in [1.807, 2.05) is 0 Å². The Labute approximate surface area is 109 Å². The van der Waals surface area contributed by atoms with Crippen LogP contribution in [0.5, 0.6) is 0 Å². The highest BCUT2D eigenvalue weighted by atomic mass is 16.2. The van der Waals surface area contributed by atoms with Gasteiger partial charge in [-0.05, 0) is 24.3 Å². The molecule has 0 bridgehead atoms. The maximum atomic E-state index is 12.0. The summed E-state index contributed by atoms with van der Waals surface area (Å²) in [5, 5.41) is 5.26. The van der Waals surface area contributed by atoms with Crippen LogP contribution in [0.1, 0.15) is 17.3 Å². The van der Waals surface area contributed by atoms with Crippen LogP contribution in [0.4, 0.5) is 11.5 Å². The lowest BCUT2D eigenvalue weighted by Crippen LogP contribution is -2.14. The second kappa shape index (κ2) is 5.72. The van der Waals surface area contributed by atoms with Gasteiger partial charge in [-0.2, -0.15) is 0 Å². The van der Waals surface area contributed by atoms with Gasteiger partial charge in [0.05, 0.1) is 0 Å². The number of aromatic nitrogens is 2. The normalized spacial score (nSPS) is 9.74. The molecule has 19 heavy (non-hydrogen) atoms. The van der Waals surface area contributed by atoms with E-state index in [-0.39, 0.29) is 11.8 Å². The van der Waals surface area contributed by atoms with E-state index in [4.69, 9.17) is 0 Å². The molecule has 0 atom stereocenters. The fourth-order valence-corrected chi connectivity index (χ4v) is 1.49. The number of anilines is 2. The summed E-state index contributed by atoms with van der Waals surface area (Å²) >= 11 is 0. The van der Waals surface area contributed by atoms with E-state index in [1.165, 1.54) is 19.4 Å². The fourth-order valence-electron chi connectivity index (χ4n) is 1.49. The topological polar surface area (TPSA) is 84.0 Å². The van der Waals surface area contributed by atoms with Crippen molar-refractivity contribution in [2.24, 2.45) is 0 Å². The highest BCUT2D eigenvalue weighted by Crippen LogP contribution is 2.12. The van der Waals surface area contributed by atoms with Gasteiger partial charge in [0.25, 0.3) is 5.91 Å². The second-order valence-electron chi connectivity index (χ2n) is 3.81. The number of nitrogens with zero attached hydrogens (tertiary/aromatic N) is 2. The standard InChI is InChI=1S/C13H12N4O2/c1-9(18)16-11-4-2-3-10(7-11)13(19)17-12-5-6-14-8-15-12/h2-8H,1H3,(H,16,18)(H,14,15,17,19). The van der Waals surface area contributed by atoms with Crippen molar-refractivity contribution in [3.05, 3.63) is 48.4 Å². The van der Waals surface area contributed by atoms with Gasteiger partial charge < -0.3 is 10.6 Å². The maximum Gasteiger partial charge on any atom is 0.256 e. The molecule has 2 aromatic rings. The van der Waals surface area contributed by atoms with Crippen molar-refractivity contribution in [2.75, 3.05) is 10.6 Å². The van der Waals surface area contributed by atoms with Crippen molar-refractivity contribution in [3.8, 4) is 0 Å². The van der Waals surface area contributed by atoms with E-state index in [2.05, 4.69) is 20.6 Å². The molecule has 6 heteroatoms. The zero-order chi connectivity index (χ0) is 13.7. The molecular weight excluding hydrogens is 244 g/mol. The molecule has 0 aliphatic heterocycles. The van der Waals surface area contributed by atoms with Gasteiger partial charge in [0.2, 0.25) is 5.91 Å². The number of carbonyl (C=O) groups excluding carboxylic acids is 2. The molecule has 6 nitrogen and oxygen atoms in total. The van der Waals surface area contributed by atoms with E-state index in [0.717, 1.165) is 0 Å². The third-order valence-corrected chi connectivity index (χ3v) is 2.27. The first-order valence-corrected chi connectivity index (χ1v) is 5.60. The summed E-state index contributed by atoms with van der Waals surface area (Å²) < 4.78 is 0. The minimum absolute atomic E-state index is 0.187. The van der Waals surface area contributed by atoms with Gasteiger partial charge in [0, 0.05) is 24.4 Å². The van der Waals surface area contributed by atoms with Crippen molar-refractivity contribution in [1.29, 1.82) is 0 Å². The second-order valence-corrected chi connectivity index (χ2v) is 3.81. The zero-order valence-corrected chi connectivity index (χ0v) is 10.3. The van der Waals surface area contributed by atoms with Crippen molar-refractivity contribution in [1.82, 2.24) is 9.97 Å². The Morgan fingerprint density at radius 2 is 2.00 bits per heavy atom. The van der Waals surface area contributed by atoms with Crippen molar-refractivity contribution >= 4 is 23.3 Å². The summed E-state index contributed by atoms with van der Waals surface area (Å²) in [5.74, 6) is -0.0656. The number of nitrogens with one attached hydrogen (secondary N) is 2. The Morgan fingerprint density at radius 1 is 1.16 bits per heavy atom. The van der Waals surface area contributed by atoms with Crippen molar-refractivity contribution in [2.45, 2.75) is 6.92 Å². The third kappa shape index (κ3) is 3.60. The van der Waals surface area contributed by atoms with Gasteiger partial charge in [0.15, 0.2) is 0 Å². The molecule has 0 radical (unpaired) electrons. The number of carbonyl (C=O) groups is 2. The van der Waals surface area contributed by atoms with Crippen LogP contribution < -0.4 is 10.6 Å². The van der Waals surface area contributed by atoms with Crippen LogP contribution in [0.3, 0.4) is 0 Å². The molecule has 0 aliphatic carbocycles. The zero-order valence-electron chi connectivity index (χ0n) is 10.3. The summed E-state index contributed by atoms with van der Waals surface area (Å²) in [6, 6.07) is 8.25. The maximum absolute atomic E-state index is 12.0. The first-order chi connectivity index (χ1) is 9.15. The molecule has 2 rings (SSSR count). The Morgan fingerprint density at radius 3 is 2.68 bits per heavy atom. The van der Waals surface area contributed by atoms with E-state index in [1.54, 1.807) is 30.3 Å². The average molecular weight is 256 g/mol. The first-order valence-electron chi connectivity index (χ1n) is 5.60. The van der Waals surface area contributed by atoms with Gasteiger partial charge in [-0.15, -0.1) is 0 Å². The smallest absolute Gasteiger partial charge is 0.256 e. The van der Waals surface area contributed by atoms with Crippen LogP contribution in [-0.4, -0.2) is 21.8 Å². The first kappa shape index (κ1) is 12.7. The Hall–Kier alpha value is -2.76. The largest absolute Gasteiger partial charge is 0.326 e. The van der Waals surface area contributed by atoms with E-state index >= 15 is 0 Å². The Balaban J connectivity index is 2.13. The molecule has 0 aliphatic rings. The van der Waals surface area contributed by atoms with Crippen molar-refractivity contribution in [3.63, 3.8) is 0 Å². The lowest BCUT2D eigenvalue weighted by atomic mass is 10.2. The van der Waals surface area contributed by atoms with Crippen LogP contribution in [-0.2, 0) is 4.79 Å². The monoisotopic (exact) mass is 256 g/mol. The number of amides is 2. The molecule has 96 valence electrons. The molecule has 0 spiro atoms. The highest BCUT2D eigenvalue weighted by molar-refractivity contribution is 6.04. The molecule has 1 aromatic carbocycles. The summed E-state index contributed by atoms with van der Waals surface area (Å²) in [6.45, 7) is 1.41. The predicted molar refractivity (Wildman–Crippen MR) is 70.7 cm³/mol. The molecule has 2 N–H and O–H groups in total. The molecule has 0 fully saturated rings. The van der Waals surface area contributed by atoms with E-state index in [0.29, 0.717) is 17.1 Å². The van der Waals surface area contributed by atoms with Crippen LogP contribution >= 0.6 is 0 Å². The fraction of sp³-hybridized carbons (Fsp3) is 0.0769. The molecule has 1 aromatic heterocycles. The SMILES string of the molecule is CC(=O)Nc1cccc(C(=O)Nc2ccncn2)c1. The van der Waals surface area contributed by atoms with Gasteiger partial charge in [0.1, 0.15) is 12.1 Å². The average Bonchev–Trinajstić information content (AvgIpc) is 2.39. The minimum atomic E-state index is -0.300. The van der Waals surface area contributed by atoms with E-state index in [9.17, 15) is 9.59 Å². The van der Waals surface area contributed by atoms with Gasteiger partial charge in [-0.1, -0.05) is 6.07 Å². The molecule has 0 saturated carbocycles. The molecule has 2 amide bonds. The van der Waals surface area contributed by atoms with E-state index < -0.39 is 0 Å².